The number of allylic oxidation sites excluding steroid dienone is 2. The van der Waals surface area contributed by atoms with Gasteiger partial charge in [0.25, 0.3) is 0 Å². The second-order valence-electron chi connectivity index (χ2n) is 6.31. The predicted molar refractivity (Wildman–Crippen MR) is 112 cm³/mol. The topological polar surface area (TPSA) is 83.1 Å². The first-order valence-electron chi connectivity index (χ1n) is 9.24. The molecule has 7 nitrogen and oxygen atoms in total. The third-order valence-corrected chi connectivity index (χ3v) is 5.11. The molecule has 29 heavy (non-hydrogen) atoms. The van der Waals surface area contributed by atoms with Gasteiger partial charge in [-0.3, -0.25) is 0 Å². The van der Waals surface area contributed by atoms with Crippen LogP contribution in [0.3, 0.4) is 0 Å². The van der Waals surface area contributed by atoms with Gasteiger partial charge in [-0.05, 0) is 61.3 Å². The average molecular weight is 468 g/mol. The molecule has 0 aromatic heterocycles. The number of esters is 2. The van der Waals surface area contributed by atoms with Crippen LogP contribution in [0.5, 0.6) is 11.5 Å². The Morgan fingerprint density at radius 2 is 1.48 bits per heavy atom. The van der Waals surface area contributed by atoms with E-state index in [-0.39, 0.29) is 0 Å². The van der Waals surface area contributed by atoms with Gasteiger partial charge in [0.05, 0.1) is 49.0 Å². The highest BCUT2D eigenvalue weighted by molar-refractivity contribution is 9.10. The van der Waals surface area contributed by atoms with Gasteiger partial charge in [0.15, 0.2) is 11.5 Å². The lowest BCUT2D eigenvalue weighted by Gasteiger charge is -2.30. The fourth-order valence-corrected chi connectivity index (χ4v) is 3.96. The third kappa shape index (κ3) is 4.58. The number of carbonyl (C=O) groups excluding carboxylic acids is 2. The molecular weight excluding hydrogens is 442 g/mol. The van der Waals surface area contributed by atoms with Crippen LogP contribution in [0.15, 0.2) is 39.1 Å². The Bertz CT molecular complexity index is 836. The number of nitrogens with one attached hydrogen (secondary N) is 1. The van der Waals surface area contributed by atoms with Crippen LogP contribution in [0.25, 0.3) is 0 Å². The third-order valence-electron chi connectivity index (χ3n) is 4.52. The molecule has 158 valence electrons. The number of benzene rings is 1. The summed E-state index contributed by atoms with van der Waals surface area (Å²) < 4.78 is 22.1. The molecule has 0 spiro atoms. The first kappa shape index (κ1) is 22.8. The maximum atomic E-state index is 12.6. The van der Waals surface area contributed by atoms with Gasteiger partial charge < -0.3 is 24.3 Å². The standard InChI is InChI=1S/C21H26BrNO6/c1-7-28-15-10-13(9-14(22)19(15)29-8-2)18-16(20(24)26-5)11(3)23-12(4)17(18)21(25)27-6/h9-10,18,23H,7-8H2,1-6H3. The van der Waals surface area contributed by atoms with Crippen molar-refractivity contribution in [3.8, 4) is 11.5 Å². The van der Waals surface area contributed by atoms with Gasteiger partial charge in [-0.2, -0.15) is 0 Å². The van der Waals surface area contributed by atoms with Crippen LogP contribution in [0.4, 0.5) is 0 Å². The van der Waals surface area contributed by atoms with Crippen molar-refractivity contribution in [1.82, 2.24) is 5.32 Å². The quantitative estimate of drug-likeness (QED) is 0.609. The molecule has 0 unspecified atom stereocenters. The lowest BCUT2D eigenvalue weighted by molar-refractivity contribution is -0.137. The van der Waals surface area contributed by atoms with Crippen LogP contribution >= 0.6 is 15.9 Å². The zero-order chi connectivity index (χ0) is 21.7. The van der Waals surface area contributed by atoms with Crippen molar-refractivity contribution in [3.05, 3.63) is 44.7 Å². The van der Waals surface area contributed by atoms with Gasteiger partial charge in [0.1, 0.15) is 0 Å². The Hall–Kier alpha value is -2.48. The van der Waals surface area contributed by atoms with Crippen molar-refractivity contribution < 1.29 is 28.5 Å². The second kappa shape index (κ2) is 9.82. The molecule has 0 aliphatic carbocycles. The summed E-state index contributed by atoms with van der Waals surface area (Å²) in [6.07, 6.45) is 0. The van der Waals surface area contributed by atoms with E-state index in [4.69, 9.17) is 18.9 Å². The molecule has 1 aromatic rings. The summed E-state index contributed by atoms with van der Waals surface area (Å²) in [6, 6.07) is 3.59. The molecule has 1 aliphatic heterocycles. The van der Waals surface area contributed by atoms with Crippen LogP contribution in [0.2, 0.25) is 0 Å². The summed E-state index contributed by atoms with van der Waals surface area (Å²) in [4.78, 5) is 25.3. The van der Waals surface area contributed by atoms with Crippen LogP contribution in [0.1, 0.15) is 39.2 Å². The Labute approximate surface area is 179 Å². The molecular formula is C21H26BrNO6. The maximum absolute atomic E-state index is 12.6. The first-order valence-corrected chi connectivity index (χ1v) is 10.0. The van der Waals surface area contributed by atoms with E-state index in [1.54, 1.807) is 19.9 Å². The minimum Gasteiger partial charge on any atom is -0.490 e. The maximum Gasteiger partial charge on any atom is 0.336 e. The first-order chi connectivity index (χ1) is 13.8. The van der Waals surface area contributed by atoms with Gasteiger partial charge in [-0.25, -0.2) is 9.59 Å². The lowest BCUT2D eigenvalue weighted by atomic mass is 9.80. The minimum atomic E-state index is -0.692. The molecule has 0 saturated heterocycles. The van der Waals surface area contributed by atoms with Crippen molar-refractivity contribution in [2.45, 2.75) is 33.6 Å². The number of ether oxygens (including phenoxy) is 4. The lowest BCUT2D eigenvalue weighted by Crippen LogP contribution is -2.32. The largest absolute Gasteiger partial charge is 0.490 e. The number of hydrogen-bond donors (Lipinski definition) is 1. The number of carbonyl (C=O) groups is 2. The Morgan fingerprint density at radius 1 is 0.966 bits per heavy atom. The van der Waals surface area contributed by atoms with Crippen molar-refractivity contribution >= 4 is 27.9 Å². The molecule has 1 aromatic carbocycles. The molecule has 0 bridgehead atoms. The van der Waals surface area contributed by atoms with E-state index < -0.39 is 17.9 Å². The Balaban J connectivity index is 2.77. The van der Waals surface area contributed by atoms with E-state index in [0.29, 0.717) is 57.3 Å². The molecule has 0 radical (unpaired) electrons. The van der Waals surface area contributed by atoms with Gasteiger partial charge in [-0.1, -0.05) is 0 Å². The summed E-state index contributed by atoms with van der Waals surface area (Å²) in [5.74, 6) is -0.676. The smallest absolute Gasteiger partial charge is 0.336 e. The number of rotatable bonds is 7. The molecule has 0 fully saturated rings. The van der Waals surface area contributed by atoms with Crippen LogP contribution in [-0.4, -0.2) is 39.4 Å². The molecule has 0 amide bonds. The molecule has 1 aliphatic rings. The Morgan fingerprint density at radius 3 is 1.93 bits per heavy atom. The highest BCUT2D eigenvalue weighted by atomic mass is 79.9. The summed E-state index contributed by atoms with van der Waals surface area (Å²) in [6.45, 7) is 8.18. The van der Waals surface area contributed by atoms with Crippen molar-refractivity contribution in [1.29, 1.82) is 0 Å². The summed E-state index contributed by atoms with van der Waals surface area (Å²) in [7, 11) is 2.62. The number of halogens is 1. The fourth-order valence-electron chi connectivity index (χ4n) is 3.39. The van der Waals surface area contributed by atoms with Gasteiger partial charge >= 0.3 is 11.9 Å². The van der Waals surface area contributed by atoms with Crippen molar-refractivity contribution in [3.63, 3.8) is 0 Å². The number of hydrogen-bond acceptors (Lipinski definition) is 7. The van der Waals surface area contributed by atoms with E-state index in [1.165, 1.54) is 14.2 Å². The molecule has 0 atom stereocenters. The van der Waals surface area contributed by atoms with E-state index in [0.717, 1.165) is 0 Å². The number of dihydropyridines is 1. The molecule has 0 saturated carbocycles. The highest BCUT2D eigenvalue weighted by Crippen LogP contribution is 2.44. The zero-order valence-electron chi connectivity index (χ0n) is 17.5. The SMILES string of the molecule is CCOc1cc(C2C(C(=O)OC)=C(C)NC(C)=C2C(=O)OC)cc(Br)c1OCC. The van der Waals surface area contributed by atoms with E-state index in [1.807, 2.05) is 19.9 Å². The van der Waals surface area contributed by atoms with Crippen molar-refractivity contribution in [2.75, 3.05) is 27.4 Å². The predicted octanol–water partition coefficient (Wildman–Crippen LogP) is 3.83. The minimum absolute atomic E-state index is 0.331. The summed E-state index contributed by atoms with van der Waals surface area (Å²) >= 11 is 3.53. The van der Waals surface area contributed by atoms with Gasteiger partial charge in [-0.15, -0.1) is 0 Å². The van der Waals surface area contributed by atoms with Gasteiger partial charge in [0, 0.05) is 11.4 Å². The van der Waals surface area contributed by atoms with E-state index >= 15 is 0 Å². The van der Waals surface area contributed by atoms with Crippen LogP contribution in [-0.2, 0) is 19.1 Å². The van der Waals surface area contributed by atoms with E-state index in [2.05, 4.69) is 21.2 Å². The molecule has 8 heteroatoms. The summed E-state index contributed by atoms with van der Waals surface area (Å²) in [5.41, 5.74) is 2.55. The number of methoxy groups -OCH3 is 2. The van der Waals surface area contributed by atoms with Crippen LogP contribution in [0, 0.1) is 0 Å². The summed E-state index contributed by atoms with van der Waals surface area (Å²) in [5, 5.41) is 3.09. The van der Waals surface area contributed by atoms with Crippen LogP contribution < -0.4 is 14.8 Å². The fraction of sp³-hybridized carbons (Fsp3) is 0.429. The molecule has 1 N–H and O–H groups in total. The van der Waals surface area contributed by atoms with Crippen molar-refractivity contribution in [2.24, 2.45) is 0 Å². The molecule has 2 rings (SSSR count). The van der Waals surface area contributed by atoms with E-state index in [9.17, 15) is 9.59 Å². The Kier molecular flexibility index (Phi) is 7.73. The normalized spacial score (nSPS) is 14.4. The molecule has 1 heterocycles. The van der Waals surface area contributed by atoms with Gasteiger partial charge in [0.2, 0.25) is 0 Å². The second-order valence-corrected chi connectivity index (χ2v) is 7.17. The monoisotopic (exact) mass is 467 g/mol. The zero-order valence-corrected chi connectivity index (χ0v) is 19.1. The average Bonchev–Trinajstić information content (AvgIpc) is 2.68. The highest BCUT2D eigenvalue weighted by Gasteiger charge is 2.38.